The number of aryl methyl sites for hydroxylation is 1. The van der Waals surface area contributed by atoms with Crippen LogP contribution in [0.4, 0.5) is 5.69 Å². The highest BCUT2D eigenvalue weighted by atomic mass is 16.5. The van der Waals surface area contributed by atoms with Crippen LogP contribution in [0.3, 0.4) is 0 Å². The molecule has 2 N–H and O–H groups in total. The Kier molecular flexibility index (Phi) is 3.64. The molecule has 0 unspecified atom stereocenters. The summed E-state index contributed by atoms with van der Waals surface area (Å²) in [6.45, 7) is 2.04. The summed E-state index contributed by atoms with van der Waals surface area (Å²) in [7, 11) is 3.07. The van der Waals surface area contributed by atoms with Crippen LogP contribution >= 0.6 is 0 Å². The summed E-state index contributed by atoms with van der Waals surface area (Å²) in [5.74, 6) is 1.02. The molecule has 0 fully saturated rings. The van der Waals surface area contributed by atoms with E-state index in [1.165, 1.54) is 13.2 Å². The molecule has 0 radical (unpaired) electrons. The number of hydrogen-bond donors (Lipinski definition) is 1. The van der Waals surface area contributed by atoms with Gasteiger partial charge in [0.2, 0.25) is 0 Å². The van der Waals surface area contributed by atoms with Crippen molar-refractivity contribution in [3.63, 3.8) is 0 Å². The number of anilines is 1. The molecule has 2 rings (SSSR count). The molecule has 2 aromatic rings. The molecular weight excluding hydrogens is 246 g/mol. The largest absolute Gasteiger partial charge is 0.496 e. The number of methoxy groups -OCH3 is 2. The zero-order valence-electron chi connectivity index (χ0n) is 11.3. The first-order chi connectivity index (χ1) is 9.12. The molecule has 0 aliphatic rings. The predicted molar refractivity (Wildman–Crippen MR) is 74.0 cm³/mol. The third-order valence-electron chi connectivity index (χ3n) is 3.02. The monoisotopic (exact) mass is 263 g/mol. The fraction of sp³-hybridized carbons (Fsp3) is 0.357. The number of ether oxygens (including phenoxy) is 2. The average Bonchev–Trinajstić information content (AvgIpc) is 2.40. The van der Waals surface area contributed by atoms with Crippen LogP contribution in [0.15, 0.2) is 21.3 Å². The fourth-order valence-electron chi connectivity index (χ4n) is 2.18. The van der Waals surface area contributed by atoms with E-state index in [4.69, 9.17) is 19.6 Å². The van der Waals surface area contributed by atoms with Crippen LogP contribution in [-0.2, 0) is 6.42 Å². The molecule has 0 aliphatic heterocycles. The predicted octanol–water partition coefficient (Wildman–Crippen LogP) is 2.34. The second kappa shape index (κ2) is 5.22. The minimum atomic E-state index is -0.419. The van der Waals surface area contributed by atoms with Crippen molar-refractivity contribution in [2.45, 2.75) is 19.8 Å². The standard InChI is InChI=1S/C14H17NO4/c1-4-5-8-6-11(16)19-14-12(8)9(17-2)7-10(18-3)13(14)15/h6-7H,4-5,15H2,1-3H3. The van der Waals surface area contributed by atoms with Gasteiger partial charge in [-0.2, -0.15) is 0 Å². The van der Waals surface area contributed by atoms with Gasteiger partial charge in [-0.05, 0) is 12.0 Å². The van der Waals surface area contributed by atoms with Gasteiger partial charge in [-0.25, -0.2) is 4.79 Å². The summed E-state index contributed by atoms with van der Waals surface area (Å²) in [5, 5.41) is 0.738. The van der Waals surface area contributed by atoms with Gasteiger partial charge < -0.3 is 19.6 Å². The first-order valence-electron chi connectivity index (χ1n) is 6.09. The minimum absolute atomic E-state index is 0.313. The van der Waals surface area contributed by atoms with Gasteiger partial charge in [-0.15, -0.1) is 0 Å². The van der Waals surface area contributed by atoms with E-state index in [-0.39, 0.29) is 0 Å². The maximum atomic E-state index is 11.6. The van der Waals surface area contributed by atoms with Gasteiger partial charge in [0, 0.05) is 12.1 Å². The molecule has 1 heterocycles. The Labute approximate surface area is 110 Å². The van der Waals surface area contributed by atoms with Gasteiger partial charge in [-0.1, -0.05) is 13.3 Å². The Balaban J connectivity index is 2.91. The van der Waals surface area contributed by atoms with Gasteiger partial charge in [0.05, 0.1) is 19.6 Å². The number of hydrogen-bond acceptors (Lipinski definition) is 5. The lowest BCUT2D eigenvalue weighted by molar-refractivity contribution is 0.397. The van der Waals surface area contributed by atoms with Crippen molar-refractivity contribution in [3.8, 4) is 11.5 Å². The van der Waals surface area contributed by atoms with E-state index in [0.29, 0.717) is 22.8 Å². The summed E-state index contributed by atoms with van der Waals surface area (Å²) in [4.78, 5) is 11.6. The summed E-state index contributed by atoms with van der Waals surface area (Å²) >= 11 is 0. The Bertz CT molecular complexity index is 661. The molecule has 0 bridgehead atoms. The molecular formula is C14H17NO4. The van der Waals surface area contributed by atoms with Crippen LogP contribution < -0.4 is 20.8 Å². The van der Waals surface area contributed by atoms with Crippen molar-refractivity contribution < 1.29 is 13.9 Å². The molecule has 5 nitrogen and oxygen atoms in total. The molecule has 0 saturated heterocycles. The van der Waals surface area contributed by atoms with Crippen molar-refractivity contribution in [1.82, 2.24) is 0 Å². The van der Waals surface area contributed by atoms with Gasteiger partial charge in [0.15, 0.2) is 5.58 Å². The lowest BCUT2D eigenvalue weighted by atomic mass is 10.0. The molecule has 0 spiro atoms. The van der Waals surface area contributed by atoms with Crippen molar-refractivity contribution in [2.75, 3.05) is 20.0 Å². The highest BCUT2D eigenvalue weighted by molar-refractivity contribution is 5.97. The topological polar surface area (TPSA) is 74.7 Å². The second-order valence-electron chi connectivity index (χ2n) is 4.24. The molecule has 0 saturated carbocycles. The van der Waals surface area contributed by atoms with Crippen LogP contribution in [0.1, 0.15) is 18.9 Å². The van der Waals surface area contributed by atoms with Crippen LogP contribution in [0.2, 0.25) is 0 Å². The van der Waals surface area contributed by atoms with Crippen LogP contribution in [0, 0.1) is 0 Å². The Morgan fingerprint density at radius 1 is 1.21 bits per heavy atom. The minimum Gasteiger partial charge on any atom is -0.496 e. The quantitative estimate of drug-likeness (QED) is 0.677. The second-order valence-corrected chi connectivity index (χ2v) is 4.24. The first-order valence-corrected chi connectivity index (χ1v) is 6.09. The molecule has 0 amide bonds. The number of benzene rings is 1. The van der Waals surface area contributed by atoms with E-state index in [0.717, 1.165) is 23.8 Å². The van der Waals surface area contributed by atoms with Crippen molar-refractivity contribution >= 4 is 16.7 Å². The summed E-state index contributed by atoms with van der Waals surface area (Å²) in [5.41, 5.74) is 7.07. The molecule has 102 valence electrons. The Hall–Kier alpha value is -2.17. The molecule has 1 aromatic heterocycles. The lowest BCUT2D eigenvalue weighted by Gasteiger charge is -2.13. The summed E-state index contributed by atoms with van der Waals surface area (Å²) < 4.78 is 15.7. The number of fused-ring (bicyclic) bond motifs is 1. The normalized spacial score (nSPS) is 10.7. The lowest BCUT2D eigenvalue weighted by Crippen LogP contribution is -2.05. The van der Waals surface area contributed by atoms with E-state index >= 15 is 0 Å². The average molecular weight is 263 g/mol. The third kappa shape index (κ3) is 2.23. The fourth-order valence-corrected chi connectivity index (χ4v) is 2.18. The number of nitrogen functional groups attached to an aromatic ring is 1. The number of nitrogens with two attached hydrogens (primary N) is 1. The van der Waals surface area contributed by atoms with Crippen molar-refractivity contribution in [1.29, 1.82) is 0 Å². The summed E-state index contributed by atoms with van der Waals surface area (Å²) in [6.07, 6.45) is 1.66. The smallest absolute Gasteiger partial charge is 0.336 e. The zero-order chi connectivity index (χ0) is 14.0. The molecule has 0 atom stereocenters. The highest BCUT2D eigenvalue weighted by Crippen LogP contribution is 2.39. The number of rotatable bonds is 4. The van der Waals surface area contributed by atoms with Crippen molar-refractivity contribution in [3.05, 3.63) is 28.1 Å². The van der Waals surface area contributed by atoms with E-state index in [9.17, 15) is 4.79 Å². The van der Waals surface area contributed by atoms with E-state index in [1.807, 2.05) is 6.92 Å². The van der Waals surface area contributed by atoms with Crippen LogP contribution in [0.5, 0.6) is 11.5 Å². The van der Waals surface area contributed by atoms with Gasteiger partial charge in [-0.3, -0.25) is 0 Å². The van der Waals surface area contributed by atoms with Crippen LogP contribution in [0.25, 0.3) is 11.0 Å². The maximum absolute atomic E-state index is 11.6. The van der Waals surface area contributed by atoms with E-state index in [2.05, 4.69) is 0 Å². The van der Waals surface area contributed by atoms with E-state index < -0.39 is 5.63 Å². The van der Waals surface area contributed by atoms with Gasteiger partial charge in [0.25, 0.3) is 0 Å². The molecule has 0 aliphatic carbocycles. The van der Waals surface area contributed by atoms with Gasteiger partial charge in [0.1, 0.15) is 17.2 Å². The Morgan fingerprint density at radius 3 is 2.47 bits per heavy atom. The Morgan fingerprint density at radius 2 is 1.89 bits per heavy atom. The third-order valence-corrected chi connectivity index (χ3v) is 3.02. The van der Waals surface area contributed by atoms with Crippen molar-refractivity contribution in [2.24, 2.45) is 0 Å². The maximum Gasteiger partial charge on any atom is 0.336 e. The highest BCUT2D eigenvalue weighted by Gasteiger charge is 2.17. The summed E-state index contributed by atoms with van der Waals surface area (Å²) in [6, 6.07) is 3.19. The zero-order valence-corrected chi connectivity index (χ0v) is 11.3. The molecule has 5 heteroatoms. The van der Waals surface area contributed by atoms with Gasteiger partial charge >= 0.3 is 5.63 Å². The first kappa shape index (κ1) is 13.3. The van der Waals surface area contributed by atoms with E-state index in [1.54, 1.807) is 13.2 Å². The SMILES string of the molecule is CCCc1cc(=O)oc2c(N)c(OC)cc(OC)c12. The molecule has 1 aromatic carbocycles. The van der Waals surface area contributed by atoms with Crippen LogP contribution in [-0.4, -0.2) is 14.2 Å². The molecule has 19 heavy (non-hydrogen) atoms.